The van der Waals surface area contributed by atoms with E-state index in [0.717, 1.165) is 50.3 Å². The number of piperazine rings is 1. The molecule has 1 saturated heterocycles. The third kappa shape index (κ3) is 8.33. The average Bonchev–Trinajstić information content (AvgIpc) is 3.69. The first-order chi connectivity index (χ1) is 23.1. The molecule has 0 spiro atoms. The van der Waals surface area contributed by atoms with Crippen molar-refractivity contribution < 1.29 is 23.4 Å². The Morgan fingerprint density at radius 1 is 0.894 bits per heavy atom. The molecule has 0 aliphatic carbocycles. The van der Waals surface area contributed by atoms with Gasteiger partial charge in [-0.15, -0.1) is 0 Å². The predicted molar refractivity (Wildman–Crippen MR) is 181 cm³/mol. The Hall–Kier alpha value is -5.22. The first-order valence-corrected chi connectivity index (χ1v) is 16.0. The molecule has 10 nitrogen and oxygen atoms in total. The molecule has 5 aromatic rings. The van der Waals surface area contributed by atoms with Gasteiger partial charge in [-0.1, -0.05) is 54.6 Å². The summed E-state index contributed by atoms with van der Waals surface area (Å²) in [6.07, 6.45) is 6.96. The number of methoxy groups -OCH3 is 1. The number of ether oxygens (including phenoxy) is 2. The second kappa shape index (κ2) is 15.4. The molecule has 1 aliphatic rings. The van der Waals surface area contributed by atoms with Gasteiger partial charge in [-0.3, -0.25) is 4.90 Å². The highest BCUT2D eigenvalue weighted by Gasteiger charge is 2.19. The fraction of sp³-hybridized carbons (Fsp3) is 0.297. The van der Waals surface area contributed by atoms with Crippen molar-refractivity contribution in [3.05, 3.63) is 124 Å². The fourth-order valence-corrected chi connectivity index (χ4v) is 5.72. The molecule has 47 heavy (non-hydrogen) atoms. The molecule has 0 amide bonds. The molecule has 244 valence electrons. The zero-order valence-corrected chi connectivity index (χ0v) is 26.6. The number of anilines is 1. The van der Waals surface area contributed by atoms with E-state index in [9.17, 15) is 9.90 Å². The summed E-state index contributed by atoms with van der Waals surface area (Å²) < 4.78 is 23.9. The van der Waals surface area contributed by atoms with Crippen LogP contribution in [0.4, 0.5) is 5.69 Å². The first-order valence-electron chi connectivity index (χ1n) is 16.0. The Balaban J connectivity index is 0.989. The molecule has 3 heterocycles. The molecule has 10 heteroatoms. The molecule has 0 saturated carbocycles. The fourth-order valence-electron chi connectivity index (χ4n) is 5.72. The van der Waals surface area contributed by atoms with Crippen molar-refractivity contribution in [3.8, 4) is 17.4 Å². The van der Waals surface area contributed by atoms with Crippen molar-refractivity contribution in [1.29, 1.82) is 0 Å². The number of aromatic hydroxyl groups is 1. The van der Waals surface area contributed by atoms with Gasteiger partial charge in [0.1, 0.15) is 18.6 Å². The molecule has 0 unspecified atom stereocenters. The van der Waals surface area contributed by atoms with Crippen molar-refractivity contribution in [2.24, 2.45) is 0 Å². The molecule has 1 N–H and O–H groups in total. The third-order valence-corrected chi connectivity index (χ3v) is 8.32. The average molecular weight is 637 g/mol. The lowest BCUT2D eigenvalue weighted by Gasteiger charge is -2.36. The lowest BCUT2D eigenvalue weighted by Crippen LogP contribution is -2.46. The number of benzene rings is 3. The van der Waals surface area contributed by atoms with Crippen LogP contribution in [0.25, 0.3) is 12.2 Å². The molecule has 6 rings (SSSR count). The Morgan fingerprint density at radius 2 is 1.66 bits per heavy atom. The Labute approximate surface area is 274 Å². The van der Waals surface area contributed by atoms with E-state index in [-0.39, 0.29) is 18.2 Å². The number of hydrogen-bond acceptors (Lipinski definition) is 9. The zero-order valence-electron chi connectivity index (χ0n) is 26.6. The van der Waals surface area contributed by atoms with Gasteiger partial charge in [-0.2, -0.15) is 0 Å². The minimum Gasteiger partial charge on any atom is -0.493 e. The van der Waals surface area contributed by atoms with Crippen LogP contribution in [-0.2, 0) is 26.0 Å². The molecule has 0 atom stereocenters. The van der Waals surface area contributed by atoms with Gasteiger partial charge < -0.3 is 28.3 Å². The maximum Gasteiger partial charge on any atom is 0.422 e. The summed E-state index contributed by atoms with van der Waals surface area (Å²) >= 11 is 0. The van der Waals surface area contributed by atoms with E-state index in [0.29, 0.717) is 42.5 Å². The van der Waals surface area contributed by atoms with Gasteiger partial charge in [-0.05, 0) is 60.9 Å². The maximum atomic E-state index is 12.6. The van der Waals surface area contributed by atoms with Crippen LogP contribution in [0.15, 0.2) is 98.8 Å². The highest BCUT2D eigenvalue weighted by atomic mass is 16.5. The Bertz CT molecular complexity index is 1800. The summed E-state index contributed by atoms with van der Waals surface area (Å²) in [4.78, 5) is 21.9. The van der Waals surface area contributed by atoms with Crippen LogP contribution in [0.2, 0.25) is 0 Å². The van der Waals surface area contributed by atoms with E-state index in [1.807, 2.05) is 66.7 Å². The topological polar surface area (TPSA) is 106 Å². The third-order valence-electron chi connectivity index (χ3n) is 8.32. The van der Waals surface area contributed by atoms with Crippen molar-refractivity contribution in [1.82, 2.24) is 14.5 Å². The number of oxazole rings is 2. The molecular formula is C37H40N4O6. The van der Waals surface area contributed by atoms with Crippen LogP contribution in [0.3, 0.4) is 0 Å². The van der Waals surface area contributed by atoms with Crippen LogP contribution in [0.1, 0.15) is 34.9 Å². The SMILES string of the molecule is COc1ccc(CCc2oc(=O)n(CCCN3CCN(c4ccccc4)CC3)c2O)cc1OCc1coc(C=Cc2ccccc2)n1. The summed E-state index contributed by atoms with van der Waals surface area (Å²) in [6, 6.07) is 26.0. The Kier molecular flexibility index (Phi) is 10.4. The number of para-hydroxylation sites is 1. The Morgan fingerprint density at radius 3 is 2.43 bits per heavy atom. The van der Waals surface area contributed by atoms with Gasteiger partial charge >= 0.3 is 5.76 Å². The van der Waals surface area contributed by atoms with Crippen LogP contribution < -0.4 is 20.1 Å². The highest BCUT2D eigenvalue weighted by molar-refractivity contribution is 5.65. The van der Waals surface area contributed by atoms with Crippen molar-refractivity contribution in [3.63, 3.8) is 0 Å². The predicted octanol–water partition coefficient (Wildman–Crippen LogP) is 5.89. The number of aromatic nitrogens is 2. The standard InChI is InChI=1S/C37H40N4O6/c1-44-32-16-13-29(25-34(32)45-26-30-27-46-35(38-30)18-15-28-9-4-2-5-10-28)14-17-33-36(42)41(37(43)47-33)20-8-19-39-21-23-40(24-22-39)31-11-6-3-7-12-31/h2-7,9-13,15-16,18,25,27,42H,8,14,17,19-24,26H2,1H3. The zero-order chi connectivity index (χ0) is 32.4. The largest absolute Gasteiger partial charge is 0.493 e. The second-order valence-electron chi connectivity index (χ2n) is 11.5. The van der Waals surface area contributed by atoms with Crippen LogP contribution >= 0.6 is 0 Å². The summed E-state index contributed by atoms with van der Waals surface area (Å²) in [5, 5.41) is 10.8. The van der Waals surface area contributed by atoms with Gasteiger partial charge in [0.05, 0.1) is 7.11 Å². The lowest BCUT2D eigenvalue weighted by atomic mass is 10.1. The van der Waals surface area contributed by atoms with Crippen LogP contribution in [0.5, 0.6) is 17.4 Å². The van der Waals surface area contributed by atoms with Crippen LogP contribution in [0, 0.1) is 0 Å². The van der Waals surface area contributed by atoms with Crippen molar-refractivity contribution in [2.75, 3.05) is 44.7 Å². The summed E-state index contributed by atoms with van der Waals surface area (Å²) in [6.45, 7) is 5.32. The van der Waals surface area contributed by atoms with Crippen molar-refractivity contribution >= 4 is 17.8 Å². The number of nitrogens with zero attached hydrogens (tertiary/aromatic N) is 4. The molecule has 0 radical (unpaired) electrons. The first kappa shape index (κ1) is 31.7. The van der Waals surface area contributed by atoms with Gasteiger partial charge in [0.2, 0.25) is 11.8 Å². The quantitative estimate of drug-likeness (QED) is 0.160. The number of hydrogen-bond donors (Lipinski definition) is 1. The van der Waals surface area contributed by atoms with E-state index >= 15 is 0 Å². The van der Waals surface area contributed by atoms with Gasteiger partial charge in [-0.25, -0.2) is 14.3 Å². The molecule has 0 bridgehead atoms. The van der Waals surface area contributed by atoms with E-state index in [4.69, 9.17) is 18.3 Å². The van der Waals surface area contributed by atoms with Crippen LogP contribution in [-0.4, -0.2) is 59.4 Å². The van der Waals surface area contributed by atoms with E-state index in [1.54, 1.807) is 13.4 Å². The molecule has 2 aromatic heterocycles. The normalized spacial score (nSPS) is 13.8. The highest BCUT2D eigenvalue weighted by Crippen LogP contribution is 2.30. The molecule has 1 fully saturated rings. The number of aryl methyl sites for hydroxylation is 2. The summed E-state index contributed by atoms with van der Waals surface area (Å²) in [7, 11) is 1.59. The van der Waals surface area contributed by atoms with E-state index < -0.39 is 5.76 Å². The summed E-state index contributed by atoms with van der Waals surface area (Å²) in [5.41, 5.74) is 3.89. The van der Waals surface area contributed by atoms with E-state index in [2.05, 4.69) is 39.0 Å². The second-order valence-corrected chi connectivity index (χ2v) is 11.5. The molecule has 3 aromatic carbocycles. The lowest BCUT2D eigenvalue weighted by molar-refractivity contribution is 0.247. The van der Waals surface area contributed by atoms with Crippen molar-refractivity contribution in [2.45, 2.75) is 32.4 Å². The summed E-state index contributed by atoms with van der Waals surface area (Å²) in [5.74, 6) is 1.28. The maximum absolute atomic E-state index is 12.6. The smallest absolute Gasteiger partial charge is 0.422 e. The van der Waals surface area contributed by atoms with Gasteiger partial charge in [0.25, 0.3) is 0 Å². The number of rotatable bonds is 14. The monoisotopic (exact) mass is 636 g/mol. The minimum atomic E-state index is -0.532. The molecular weight excluding hydrogens is 596 g/mol. The molecule has 1 aliphatic heterocycles. The minimum absolute atomic E-state index is 0.1000. The van der Waals surface area contributed by atoms with Gasteiger partial charge in [0.15, 0.2) is 17.3 Å². The van der Waals surface area contributed by atoms with Gasteiger partial charge in [0, 0.05) is 50.9 Å². The van der Waals surface area contributed by atoms with E-state index in [1.165, 1.54) is 10.3 Å².